The normalized spacial score (nSPS) is 19.2. The number of alkyl halides is 1. The number of rotatable bonds is 9. The maximum Gasteiger partial charge on any atom is 0.191 e. The third kappa shape index (κ3) is 6.22. The minimum Gasteiger partial charge on any atom is -0.469 e. The van der Waals surface area contributed by atoms with Crippen LogP contribution in [-0.2, 0) is 6.42 Å². The molecule has 5 nitrogen and oxygen atoms in total. The van der Waals surface area contributed by atoms with Crippen LogP contribution in [0.1, 0.15) is 31.9 Å². The number of aliphatic imine (C=N–C) groups is 1. The van der Waals surface area contributed by atoms with Gasteiger partial charge in [-0.15, -0.1) is 0 Å². The van der Waals surface area contributed by atoms with E-state index in [0.29, 0.717) is 19.0 Å². The van der Waals surface area contributed by atoms with Gasteiger partial charge in [0.05, 0.1) is 19.5 Å². The second-order valence-corrected chi connectivity index (χ2v) is 5.84. The Morgan fingerprint density at radius 1 is 1.43 bits per heavy atom. The number of furan rings is 1. The Bertz CT molecular complexity index is 449. The van der Waals surface area contributed by atoms with Crippen LogP contribution in [0, 0.1) is 0 Å². The minimum absolute atomic E-state index is 0.307. The van der Waals surface area contributed by atoms with Crippen LogP contribution in [-0.4, -0.2) is 56.3 Å². The van der Waals surface area contributed by atoms with Crippen LogP contribution in [0.5, 0.6) is 0 Å². The van der Waals surface area contributed by atoms with Crippen LogP contribution in [0.2, 0.25) is 0 Å². The van der Waals surface area contributed by atoms with E-state index in [2.05, 4.69) is 22.5 Å². The molecule has 1 aromatic rings. The highest BCUT2D eigenvalue weighted by molar-refractivity contribution is 5.79. The van der Waals surface area contributed by atoms with E-state index in [1.54, 1.807) is 6.26 Å². The van der Waals surface area contributed by atoms with Crippen LogP contribution >= 0.6 is 0 Å². The molecule has 0 aromatic carbocycles. The number of guanidine groups is 1. The number of hydrogen-bond donors (Lipinski definition) is 2. The standard InChI is InChI=1S/C17H29FN4O/c1-2-22-12-3-6-15(22)14-21-17(19-10-5-9-18)20-11-8-16-7-4-13-23-16/h4,7,13,15H,2-3,5-6,8-12,14H2,1H3,(H2,19,20,21). The third-order valence-corrected chi connectivity index (χ3v) is 4.21. The van der Waals surface area contributed by atoms with Crippen LogP contribution in [0.3, 0.4) is 0 Å². The highest BCUT2D eigenvalue weighted by Gasteiger charge is 2.22. The van der Waals surface area contributed by atoms with E-state index >= 15 is 0 Å². The Kier molecular flexibility index (Phi) is 7.93. The Morgan fingerprint density at radius 3 is 3.04 bits per heavy atom. The van der Waals surface area contributed by atoms with Crippen molar-refractivity contribution >= 4 is 5.96 Å². The third-order valence-electron chi connectivity index (χ3n) is 4.21. The summed E-state index contributed by atoms with van der Waals surface area (Å²) in [6.45, 7) is 6.29. The lowest BCUT2D eigenvalue weighted by molar-refractivity contribution is 0.273. The second-order valence-electron chi connectivity index (χ2n) is 5.84. The van der Waals surface area contributed by atoms with Gasteiger partial charge in [-0.3, -0.25) is 14.3 Å². The quantitative estimate of drug-likeness (QED) is 0.415. The van der Waals surface area contributed by atoms with Crippen molar-refractivity contribution in [1.29, 1.82) is 0 Å². The van der Waals surface area contributed by atoms with E-state index in [9.17, 15) is 4.39 Å². The van der Waals surface area contributed by atoms with E-state index in [4.69, 9.17) is 9.41 Å². The van der Waals surface area contributed by atoms with Crippen molar-refractivity contribution in [2.24, 2.45) is 4.99 Å². The number of hydrogen-bond acceptors (Lipinski definition) is 3. The predicted octanol–water partition coefficient (Wildman–Crippen LogP) is 2.20. The first-order chi connectivity index (χ1) is 11.3. The van der Waals surface area contributed by atoms with Gasteiger partial charge in [-0.2, -0.15) is 0 Å². The first-order valence-corrected chi connectivity index (χ1v) is 8.68. The predicted molar refractivity (Wildman–Crippen MR) is 91.6 cm³/mol. The fourth-order valence-electron chi connectivity index (χ4n) is 2.92. The monoisotopic (exact) mass is 324 g/mol. The lowest BCUT2D eigenvalue weighted by Crippen LogP contribution is -2.40. The molecule has 0 aliphatic carbocycles. The average Bonchev–Trinajstić information content (AvgIpc) is 3.23. The molecular weight excluding hydrogens is 295 g/mol. The van der Waals surface area contributed by atoms with Crippen LogP contribution in [0.15, 0.2) is 27.8 Å². The fraction of sp³-hybridized carbons (Fsp3) is 0.706. The summed E-state index contributed by atoms with van der Waals surface area (Å²) in [6.07, 6.45) is 5.46. The lowest BCUT2D eigenvalue weighted by Gasteiger charge is -2.21. The lowest BCUT2D eigenvalue weighted by atomic mass is 10.2. The minimum atomic E-state index is -0.307. The summed E-state index contributed by atoms with van der Waals surface area (Å²) in [5.41, 5.74) is 0. The number of nitrogens with one attached hydrogen (secondary N) is 2. The van der Waals surface area contributed by atoms with Gasteiger partial charge in [0.15, 0.2) is 5.96 Å². The summed E-state index contributed by atoms with van der Waals surface area (Å²) in [6, 6.07) is 4.39. The van der Waals surface area contributed by atoms with Gasteiger partial charge in [0.1, 0.15) is 5.76 Å². The number of likely N-dealkylation sites (N-methyl/N-ethyl adjacent to an activating group) is 1. The van der Waals surface area contributed by atoms with Gasteiger partial charge in [-0.1, -0.05) is 6.92 Å². The van der Waals surface area contributed by atoms with Gasteiger partial charge in [0.2, 0.25) is 0 Å². The van der Waals surface area contributed by atoms with E-state index in [0.717, 1.165) is 37.8 Å². The molecule has 1 unspecified atom stereocenters. The molecule has 130 valence electrons. The molecule has 23 heavy (non-hydrogen) atoms. The van der Waals surface area contributed by atoms with Crippen molar-refractivity contribution in [2.75, 3.05) is 39.4 Å². The van der Waals surface area contributed by atoms with Crippen LogP contribution in [0.25, 0.3) is 0 Å². The maximum atomic E-state index is 12.3. The maximum absolute atomic E-state index is 12.3. The number of halogens is 1. The molecule has 1 atom stereocenters. The highest BCUT2D eigenvalue weighted by Crippen LogP contribution is 2.16. The van der Waals surface area contributed by atoms with E-state index in [1.807, 2.05) is 12.1 Å². The van der Waals surface area contributed by atoms with Crippen molar-refractivity contribution in [3.8, 4) is 0 Å². The topological polar surface area (TPSA) is 52.8 Å². The van der Waals surface area contributed by atoms with Gasteiger partial charge in [-0.25, -0.2) is 0 Å². The zero-order valence-electron chi connectivity index (χ0n) is 14.1. The van der Waals surface area contributed by atoms with E-state index in [-0.39, 0.29) is 6.67 Å². The van der Waals surface area contributed by atoms with Crippen molar-refractivity contribution in [2.45, 2.75) is 38.6 Å². The van der Waals surface area contributed by atoms with Gasteiger partial charge in [-0.05, 0) is 44.5 Å². The Morgan fingerprint density at radius 2 is 2.30 bits per heavy atom. The second kappa shape index (κ2) is 10.3. The first-order valence-electron chi connectivity index (χ1n) is 8.68. The van der Waals surface area contributed by atoms with E-state index < -0.39 is 0 Å². The molecule has 0 amide bonds. The summed E-state index contributed by atoms with van der Waals surface area (Å²) in [4.78, 5) is 7.17. The van der Waals surface area contributed by atoms with Crippen LogP contribution in [0.4, 0.5) is 4.39 Å². The first kappa shape index (κ1) is 17.8. The molecule has 6 heteroatoms. The Hall–Kier alpha value is -1.56. The molecule has 1 saturated heterocycles. The molecule has 1 aliphatic heterocycles. The largest absolute Gasteiger partial charge is 0.469 e. The number of nitrogens with zero attached hydrogens (tertiary/aromatic N) is 2. The molecule has 0 saturated carbocycles. The van der Waals surface area contributed by atoms with Gasteiger partial charge in [0, 0.05) is 25.6 Å². The molecule has 0 bridgehead atoms. The summed E-state index contributed by atoms with van der Waals surface area (Å²) in [5.74, 6) is 1.72. The molecule has 0 radical (unpaired) electrons. The molecular formula is C17H29FN4O. The molecule has 1 aromatic heterocycles. The van der Waals surface area contributed by atoms with Gasteiger partial charge < -0.3 is 15.1 Å². The molecule has 0 spiro atoms. The summed E-state index contributed by atoms with van der Waals surface area (Å²) in [5, 5.41) is 6.52. The van der Waals surface area contributed by atoms with Crippen molar-refractivity contribution in [3.05, 3.63) is 24.2 Å². The molecule has 1 aliphatic rings. The summed E-state index contributed by atoms with van der Waals surface area (Å²) >= 11 is 0. The summed E-state index contributed by atoms with van der Waals surface area (Å²) in [7, 11) is 0. The Labute approximate surface area is 138 Å². The zero-order chi connectivity index (χ0) is 16.3. The Balaban J connectivity index is 1.80. The average molecular weight is 324 g/mol. The van der Waals surface area contributed by atoms with Gasteiger partial charge >= 0.3 is 0 Å². The van der Waals surface area contributed by atoms with Crippen molar-refractivity contribution in [1.82, 2.24) is 15.5 Å². The molecule has 1 fully saturated rings. The van der Waals surface area contributed by atoms with Gasteiger partial charge in [0.25, 0.3) is 0 Å². The smallest absolute Gasteiger partial charge is 0.191 e. The number of likely N-dealkylation sites (tertiary alicyclic amines) is 1. The van der Waals surface area contributed by atoms with Crippen molar-refractivity contribution < 1.29 is 8.81 Å². The SMILES string of the molecule is CCN1CCCC1CN=C(NCCCF)NCCc1ccco1. The van der Waals surface area contributed by atoms with Crippen molar-refractivity contribution in [3.63, 3.8) is 0 Å². The molecule has 2 heterocycles. The summed E-state index contributed by atoms with van der Waals surface area (Å²) < 4.78 is 17.6. The molecule has 2 rings (SSSR count). The fourth-order valence-corrected chi connectivity index (χ4v) is 2.92. The highest BCUT2D eigenvalue weighted by atomic mass is 19.1. The zero-order valence-corrected chi connectivity index (χ0v) is 14.1. The molecule has 2 N–H and O–H groups in total. The van der Waals surface area contributed by atoms with E-state index in [1.165, 1.54) is 19.4 Å². The van der Waals surface area contributed by atoms with Crippen LogP contribution < -0.4 is 10.6 Å².